The Balaban J connectivity index is 0. The SMILES string of the molecule is CC(O)C(=O)OB(O)O.[LiH]. The van der Waals surface area contributed by atoms with E-state index in [0.717, 1.165) is 6.92 Å². The van der Waals surface area contributed by atoms with Crippen molar-refractivity contribution in [2.24, 2.45) is 0 Å². The van der Waals surface area contributed by atoms with E-state index in [1.54, 1.807) is 0 Å². The van der Waals surface area contributed by atoms with Gasteiger partial charge in [-0.3, -0.25) is 4.79 Å². The number of rotatable bonds is 2. The predicted octanol–water partition coefficient (Wildman–Crippen LogP) is -2.77. The molecule has 0 radical (unpaired) electrons. The first-order chi connectivity index (χ1) is 4.04. The first-order valence-corrected chi connectivity index (χ1v) is 2.28. The first-order valence-electron chi connectivity index (χ1n) is 2.28. The molecule has 3 N–H and O–H groups in total. The molecule has 0 aliphatic rings. The fourth-order valence-corrected chi connectivity index (χ4v) is 0.202. The minimum absolute atomic E-state index is 0. The zero-order valence-electron chi connectivity index (χ0n) is 4.81. The number of aliphatic hydroxyl groups excluding tert-OH is 1. The molecule has 0 aromatic rings. The van der Waals surface area contributed by atoms with Gasteiger partial charge in [0.2, 0.25) is 0 Å². The molecule has 5 nitrogen and oxygen atoms in total. The normalized spacial score (nSPS) is 11.2. The second kappa shape index (κ2) is 5.77. The number of hydrogen-bond donors (Lipinski definition) is 3. The van der Waals surface area contributed by atoms with Crippen LogP contribution in [-0.2, 0) is 9.45 Å². The molecule has 54 valence electrons. The Bertz CT molecular complexity index is 105. The van der Waals surface area contributed by atoms with E-state index in [4.69, 9.17) is 15.2 Å². The summed E-state index contributed by atoms with van der Waals surface area (Å²) in [5.74, 6) is -1.06. The van der Waals surface area contributed by atoms with Crippen molar-refractivity contribution in [3.63, 3.8) is 0 Å². The zero-order chi connectivity index (χ0) is 7.44. The van der Waals surface area contributed by atoms with Crippen molar-refractivity contribution < 1.29 is 24.6 Å². The van der Waals surface area contributed by atoms with Crippen LogP contribution in [0, 0.1) is 0 Å². The molecule has 0 aliphatic heterocycles. The number of carbonyl (C=O) groups excluding carboxylic acids is 1. The van der Waals surface area contributed by atoms with Gasteiger partial charge in [0, 0.05) is 0 Å². The number of aliphatic hydroxyl groups is 1. The predicted molar refractivity (Wildman–Crippen MR) is 35.1 cm³/mol. The van der Waals surface area contributed by atoms with E-state index in [-0.39, 0.29) is 18.9 Å². The van der Waals surface area contributed by atoms with Gasteiger partial charge in [-0.05, 0) is 6.92 Å². The second-order valence-corrected chi connectivity index (χ2v) is 1.44. The summed E-state index contributed by atoms with van der Waals surface area (Å²) in [5.41, 5.74) is 0. The summed E-state index contributed by atoms with van der Waals surface area (Å²) < 4.78 is 3.73. The maximum atomic E-state index is 10.2. The summed E-state index contributed by atoms with van der Waals surface area (Å²) in [5, 5.41) is 24.3. The van der Waals surface area contributed by atoms with Crippen LogP contribution >= 0.6 is 0 Å². The second-order valence-electron chi connectivity index (χ2n) is 1.44. The molecule has 0 aromatic carbocycles. The fourth-order valence-electron chi connectivity index (χ4n) is 0.202. The van der Waals surface area contributed by atoms with Crippen LogP contribution < -0.4 is 0 Å². The van der Waals surface area contributed by atoms with Gasteiger partial charge in [-0.15, -0.1) is 0 Å². The van der Waals surface area contributed by atoms with Crippen molar-refractivity contribution in [1.29, 1.82) is 0 Å². The van der Waals surface area contributed by atoms with Gasteiger partial charge < -0.3 is 19.8 Å². The van der Waals surface area contributed by atoms with E-state index in [0.29, 0.717) is 0 Å². The van der Waals surface area contributed by atoms with E-state index in [9.17, 15) is 4.79 Å². The van der Waals surface area contributed by atoms with E-state index in [1.165, 1.54) is 0 Å². The monoisotopic (exact) mass is 142 g/mol. The van der Waals surface area contributed by atoms with Gasteiger partial charge in [-0.1, -0.05) is 0 Å². The summed E-state index contributed by atoms with van der Waals surface area (Å²) in [6.07, 6.45) is -1.33. The van der Waals surface area contributed by atoms with Crippen LogP contribution in [0.15, 0.2) is 0 Å². The van der Waals surface area contributed by atoms with E-state index in [2.05, 4.69) is 4.65 Å². The van der Waals surface area contributed by atoms with Crippen molar-refractivity contribution >= 4 is 32.2 Å². The van der Waals surface area contributed by atoms with Gasteiger partial charge in [0.15, 0.2) is 0 Å². The molecule has 0 saturated carbocycles. The molecule has 0 aromatic heterocycles. The Morgan fingerprint density at radius 1 is 1.60 bits per heavy atom. The van der Waals surface area contributed by atoms with Crippen molar-refractivity contribution in [1.82, 2.24) is 0 Å². The number of hydrogen-bond acceptors (Lipinski definition) is 5. The minimum atomic E-state index is -2.15. The van der Waals surface area contributed by atoms with E-state index < -0.39 is 19.4 Å². The van der Waals surface area contributed by atoms with Crippen LogP contribution in [0.2, 0.25) is 0 Å². The molecule has 0 spiro atoms. The molecule has 1 atom stereocenters. The van der Waals surface area contributed by atoms with Crippen LogP contribution in [0.3, 0.4) is 0 Å². The number of carbonyl (C=O) groups is 1. The molecule has 0 amide bonds. The van der Waals surface area contributed by atoms with Gasteiger partial charge in [0.1, 0.15) is 6.10 Å². The Labute approximate surface area is 70.4 Å². The van der Waals surface area contributed by atoms with Crippen molar-refractivity contribution in [2.75, 3.05) is 0 Å². The van der Waals surface area contributed by atoms with Crippen molar-refractivity contribution in [3.8, 4) is 0 Å². The molecule has 0 saturated heterocycles. The van der Waals surface area contributed by atoms with Crippen molar-refractivity contribution in [3.05, 3.63) is 0 Å². The molecule has 0 bridgehead atoms. The Hall–Kier alpha value is 0.0123. The van der Waals surface area contributed by atoms with Gasteiger partial charge >= 0.3 is 32.2 Å². The van der Waals surface area contributed by atoms with Crippen molar-refractivity contribution in [2.45, 2.75) is 13.0 Å². The van der Waals surface area contributed by atoms with E-state index >= 15 is 0 Å². The molecule has 0 rings (SSSR count). The summed E-state index contributed by atoms with van der Waals surface area (Å²) >= 11 is 0. The average molecular weight is 142 g/mol. The average Bonchev–Trinajstić information content (AvgIpc) is 1.63. The summed E-state index contributed by atoms with van der Waals surface area (Å²) in [6.45, 7) is 1.16. The molecular formula is C3H8BLiO5. The van der Waals surface area contributed by atoms with Crippen LogP contribution in [0.25, 0.3) is 0 Å². The van der Waals surface area contributed by atoms with Gasteiger partial charge in [0.25, 0.3) is 0 Å². The van der Waals surface area contributed by atoms with Crippen LogP contribution in [0.1, 0.15) is 6.92 Å². The quantitative estimate of drug-likeness (QED) is 0.363. The third kappa shape index (κ3) is 6.14. The van der Waals surface area contributed by atoms with E-state index in [1.807, 2.05) is 0 Å². The molecule has 0 heterocycles. The standard InChI is InChI=1S/C3H7BO5.Li.H/c1-2(5)3(6)9-4(7)8;;/h2,5,7-8H,1H3;;. The third-order valence-electron chi connectivity index (χ3n) is 0.563. The first kappa shape index (κ1) is 12.7. The maximum absolute atomic E-state index is 10.2. The van der Waals surface area contributed by atoms with Crippen LogP contribution in [0.5, 0.6) is 0 Å². The van der Waals surface area contributed by atoms with Gasteiger partial charge in [-0.25, -0.2) is 0 Å². The fraction of sp³-hybridized carbons (Fsp3) is 0.667. The Kier molecular flexibility index (Phi) is 7.31. The molecule has 10 heavy (non-hydrogen) atoms. The molecule has 7 heteroatoms. The van der Waals surface area contributed by atoms with Crippen LogP contribution in [-0.4, -0.2) is 53.4 Å². The summed E-state index contributed by atoms with van der Waals surface area (Å²) in [4.78, 5) is 10.2. The summed E-state index contributed by atoms with van der Waals surface area (Å²) in [7, 11) is -2.15. The Morgan fingerprint density at radius 3 is 2.10 bits per heavy atom. The molecule has 0 fully saturated rings. The summed E-state index contributed by atoms with van der Waals surface area (Å²) in [6, 6.07) is 0. The zero-order valence-corrected chi connectivity index (χ0v) is 4.81. The molecular weight excluding hydrogens is 134 g/mol. The third-order valence-corrected chi connectivity index (χ3v) is 0.563. The Morgan fingerprint density at radius 2 is 2.00 bits per heavy atom. The topological polar surface area (TPSA) is 87.0 Å². The molecule has 1 unspecified atom stereocenters. The van der Waals surface area contributed by atoms with Gasteiger partial charge in [-0.2, -0.15) is 0 Å². The molecule has 0 aliphatic carbocycles. The van der Waals surface area contributed by atoms with Crippen LogP contribution in [0.4, 0.5) is 0 Å². The van der Waals surface area contributed by atoms with Gasteiger partial charge in [0.05, 0.1) is 0 Å².